The molecule has 2 N–H and O–H groups in total. The molecule has 3 aliphatic rings. The zero-order valence-corrected chi connectivity index (χ0v) is 23.5. The molecule has 1 saturated carbocycles. The van der Waals surface area contributed by atoms with E-state index >= 15 is 0 Å². The van der Waals surface area contributed by atoms with Crippen LogP contribution in [0.3, 0.4) is 0 Å². The summed E-state index contributed by atoms with van der Waals surface area (Å²) in [6, 6.07) is 7.92. The van der Waals surface area contributed by atoms with Gasteiger partial charge >= 0.3 is 0 Å². The molecular weight excluding hydrogens is 492 g/mol. The van der Waals surface area contributed by atoms with Crippen LogP contribution in [-0.4, -0.2) is 78.1 Å². The van der Waals surface area contributed by atoms with Gasteiger partial charge in [0.05, 0.1) is 23.6 Å². The van der Waals surface area contributed by atoms with Crippen LogP contribution in [0.15, 0.2) is 30.5 Å². The fourth-order valence-electron chi connectivity index (χ4n) is 6.33. The first kappa shape index (κ1) is 27.4. The topological polar surface area (TPSA) is 99.7 Å². The van der Waals surface area contributed by atoms with Gasteiger partial charge in [-0.1, -0.05) is 26.7 Å². The largest absolute Gasteiger partial charge is 0.477 e. The molecule has 0 unspecified atom stereocenters. The van der Waals surface area contributed by atoms with Gasteiger partial charge in [0.2, 0.25) is 11.8 Å². The SMILES string of the molecule is CCOc1ncccc1-c1ccc(N2CCN(C(=O)C3(C)CCCC3)C[C@H]2CC)c(C(=O)N[C@@H]2CCNC2)n1. The normalized spacial score (nSPS) is 22.6. The molecular formula is C30H42N6O3. The summed E-state index contributed by atoms with van der Waals surface area (Å²) in [6.07, 6.45) is 7.69. The monoisotopic (exact) mass is 534 g/mol. The second-order valence-electron chi connectivity index (χ2n) is 11.3. The van der Waals surface area contributed by atoms with Gasteiger partial charge in [-0.15, -0.1) is 0 Å². The number of nitrogens with one attached hydrogen (secondary N) is 2. The van der Waals surface area contributed by atoms with Gasteiger partial charge in [0, 0.05) is 49.9 Å². The highest BCUT2D eigenvalue weighted by atomic mass is 16.5. The molecule has 0 spiro atoms. The quantitative estimate of drug-likeness (QED) is 0.533. The minimum Gasteiger partial charge on any atom is -0.477 e. The van der Waals surface area contributed by atoms with E-state index in [2.05, 4.69) is 39.3 Å². The van der Waals surface area contributed by atoms with E-state index in [-0.39, 0.29) is 23.4 Å². The van der Waals surface area contributed by atoms with Crippen LogP contribution < -0.4 is 20.3 Å². The summed E-state index contributed by atoms with van der Waals surface area (Å²) in [5, 5.41) is 6.51. The number of carbonyl (C=O) groups is 2. The number of hydrogen-bond acceptors (Lipinski definition) is 7. The maximum atomic E-state index is 13.7. The summed E-state index contributed by atoms with van der Waals surface area (Å²) in [5.74, 6) is 0.623. The lowest BCUT2D eigenvalue weighted by Crippen LogP contribution is -2.57. The zero-order chi connectivity index (χ0) is 27.4. The second kappa shape index (κ2) is 11.9. The first-order chi connectivity index (χ1) is 18.9. The Morgan fingerprint density at radius 2 is 2.00 bits per heavy atom. The predicted molar refractivity (Wildman–Crippen MR) is 152 cm³/mol. The smallest absolute Gasteiger partial charge is 0.272 e. The van der Waals surface area contributed by atoms with E-state index < -0.39 is 0 Å². The lowest BCUT2D eigenvalue weighted by Gasteiger charge is -2.45. The van der Waals surface area contributed by atoms with E-state index in [1.165, 1.54) is 0 Å². The van der Waals surface area contributed by atoms with Crippen molar-refractivity contribution in [2.75, 3.05) is 44.2 Å². The number of carbonyl (C=O) groups excluding carboxylic acids is 2. The Balaban J connectivity index is 1.45. The molecule has 0 radical (unpaired) electrons. The predicted octanol–water partition coefficient (Wildman–Crippen LogP) is 3.64. The van der Waals surface area contributed by atoms with Crippen molar-refractivity contribution in [1.82, 2.24) is 25.5 Å². The van der Waals surface area contributed by atoms with E-state index in [0.29, 0.717) is 49.4 Å². The van der Waals surface area contributed by atoms with E-state index in [0.717, 1.165) is 62.9 Å². The van der Waals surface area contributed by atoms with Crippen LogP contribution in [0.5, 0.6) is 5.88 Å². The number of rotatable bonds is 8. The third-order valence-corrected chi connectivity index (χ3v) is 8.59. The summed E-state index contributed by atoms with van der Waals surface area (Å²) in [7, 11) is 0. The van der Waals surface area contributed by atoms with Crippen LogP contribution in [0.2, 0.25) is 0 Å². The maximum absolute atomic E-state index is 13.7. The standard InChI is InChI=1S/C30H42N6O3/c1-4-22-20-35(29(38)30(3)13-6-7-14-30)17-18-36(22)25-11-10-24(23-9-8-15-32-28(23)39-5-2)34-26(25)27(37)33-21-12-16-31-19-21/h8-11,15,21-22,31H,4-7,12-14,16-20H2,1-3H3,(H,33,37)/t21-,22-/m1/s1. The molecule has 3 fully saturated rings. The molecule has 39 heavy (non-hydrogen) atoms. The molecule has 2 saturated heterocycles. The molecule has 1 aliphatic carbocycles. The van der Waals surface area contributed by atoms with Crippen molar-refractivity contribution in [2.45, 2.75) is 71.4 Å². The van der Waals surface area contributed by atoms with Crippen molar-refractivity contribution < 1.29 is 14.3 Å². The van der Waals surface area contributed by atoms with Gasteiger partial charge in [0.15, 0.2) is 5.69 Å². The Morgan fingerprint density at radius 1 is 1.18 bits per heavy atom. The Morgan fingerprint density at radius 3 is 2.72 bits per heavy atom. The van der Waals surface area contributed by atoms with Crippen molar-refractivity contribution in [3.05, 3.63) is 36.2 Å². The summed E-state index contributed by atoms with van der Waals surface area (Å²) in [4.78, 5) is 40.8. The summed E-state index contributed by atoms with van der Waals surface area (Å²) >= 11 is 0. The molecule has 2 atom stereocenters. The lowest BCUT2D eigenvalue weighted by atomic mass is 9.86. The number of ether oxygens (including phenoxy) is 1. The van der Waals surface area contributed by atoms with Gasteiger partial charge in [0.25, 0.3) is 5.91 Å². The number of aromatic nitrogens is 2. The van der Waals surface area contributed by atoms with Gasteiger partial charge in [-0.2, -0.15) is 0 Å². The number of piperazine rings is 1. The first-order valence-corrected chi connectivity index (χ1v) is 14.6. The molecule has 2 amide bonds. The molecule has 5 rings (SSSR count). The first-order valence-electron chi connectivity index (χ1n) is 14.6. The summed E-state index contributed by atoms with van der Waals surface area (Å²) in [6.45, 7) is 10.3. The molecule has 9 heteroatoms. The van der Waals surface area contributed by atoms with Crippen LogP contribution in [0, 0.1) is 5.41 Å². The molecule has 2 aromatic heterocycles. The molecule has 0 aromatic carbocycles. The maximum Gasteiger partial charge on any atom is 0.272 e. The molecule has 210 valence electrons. The van der Waals surface area contributed by atoms with Gasteiger partial charge in [-0.3, -0.25) is 9.59 Å². The van der Waals surface area contributed by atoms with Crippen molar-refractivity contribution in [3.63, 3.8) is 0 Å². The van der Waals surface area contributed by atoms with Crippen molar-refractivity contribution in [2.24, 2.45) is 5.41 Å². The number of pyridine rings is 2. The van der Waals surface area contributed by atoms with E-state index in [4.69, 9.17) is 9.72 Å². The highest BCUT2D eigenvalue weighted by molar-refractivity contribution is 5.99. The van der Waals surface area contributed by atoms with Crippen LogP contribution in [0.4, 0.5) is 5.69 Å². The highest BCUT2D eigenvalue weighted by Gasteiger charge is 2.41. The molecule has 2 aliphatic heterocycles. The third-order valence-electron chi connectivity index (χ3n) is 8.59. The molecule has 4 heterocycles. The third kappa shape index (κ3) is 5.73. The number of anilines is 1. The Kier molecular flexibility index (Phi) is 8.35. The summed E-state index contributed by atoms with van der Waals surface area (Å²) < 4.78 is 5.76. The van der Waals surface area contributed by atoms with Gasteiger partial charge in [0.1, 0.15) is 0 Å². The second-order valence-corrected chi connectivity index (χ2v) is 11.3. The van der Waals surface area contributed by atoms with Crippen LogP contribution in [0.25, 0.3) is 11.3 Å². The number of nitrogens with zero attached hydrogens (tertiary/aromatic N) is 4. The fraction of sp³-hybridized carbons (Fsp3) is 0.600. The van der Waals surface area contributed by atoms with Crippen LogP contribution >= 0.6 is 0 Å². The van der Waals surface area contributed by atoms with Crippen LogP contribution in [0.1, 0.15) is 69.8 Å². The van der Waals surface area contributed by atoms with E-state index in [1.807, 2.05) is 31.2 Å². The minimum absolute atomic E-state index is 0.0804. The molecule has 2 aromatic rings. The zero-order valence-electron chi connectivity index (χ0n) is 23.5. The Labute approximate surface area is 231 Å². The minimum atomic E-state index is -0.230. The summed E-state index contributed by atoms with van der Waals surface area (Å²) in [5.41, 5.74) is 2.41. The Bertz CT molecular complexity index is 1180. The lowest BCUT2D eigenvalue weighted by molar-refractivity contribution is -0.141. The number of hydrogen-bond donors (Lipinski definition) is 2. The van der Waals surface area contributed by atoms with Crippen LogP contribution in [-0.2, 0) is 4.79 Å². The fourth-order valence-corrected chi connectivity index (χ4v) is 6.33. The number of amides is 2. The molecule has 0 bridgehead atoms. The van der Waals surface area contributed by atoms with Gasteiger partial charge in [-0.05, 0) is 63.4 Å². The van der Waals surface area contributed by atoms with Gasteiger partial charge in [-0.25, -0.2) is 9.97 Å². The van der Waals surface area contributed by atoms with Crippen molar-refractivity contribution >= 4 is 17.5 Å². The van der Waals surface area contributed by atoms with Crippen molar-refractivity contribution in [1.29, 1.82) is 0 Å². The van der Waals surface area contributed by atoms with Crippen molar-refractivity contribution in [3.8, 4) is 17.1 Å². The highest BCUT2D eigenvalue weighted by Crippen LogP contribution is 2.40. The average molecular weight is 535 g/mol. The molecule has 9 nitrogen and oxygen atoms in total. The van der Waals surface area contributed by atoms with E-state index in [1.54, 1.807) is 6.20 Å². The average Bonchev–Trinajstić information content (AvgIpc) is 3.65. The van der Waals surface area contributed by atoms with Gasteiger partial charge < -0.3 is 25.2 Å². The van der Waals surface area contributed by atoms with E-state index in [9.17, 15) is 9.59 Å². The Hall–Kier alpha value is -3.20.